The van der Waals surface area contributed by atoms with Crippen molar-refractivity contribution in [2.75, 3.05) is 18.4 Å². The van der Waals surface area contributed by atoms with E-state index in [1.54, 1.807) is 35.6 Å². The van der Waals surface area contributed by atoms with Gasteiger partial charge in [0.05, 0.1) is 21.0 Å². The van der Waals surface area contributed by atoms with Crippen LogP contribution in [0.15, 0.2) is 77.7 Å². The molecule has 1 amide bonds. The molecule has 8 heteroatoms. The van der Waals surface area contributed by atoms with Crippen molar-refractivity contribution >= 4 is 43.2 Å². The average molecular weight is 492 g/mol. The lowest BCUT2D eigenvalue weighted by molar-refractivity contribution is -0.120. The molecule has 174 valence electrons. The molecule has 3 aromatic carbocycles. The first-order valence-electron chi connectivity index (χ1n) is 11.2. The van der Waals surface area contributed by atoms with E-state index in [4.69, 9.17) is 4.98 Å². The Morgan fingerprint density at radius 3 is 2.65 bits per heavy atom. The van der Waals surface area contributed by atoms with E-state index < -0.39 is 15.9 Å². The van der Waals surface area contributed by atoms with Gasteiger partial charge in [0.25, 0.3) is 0 Å². The van der Waals surface area contributed by atoms with Gasteiger partial charge in [-0.15, -0.1) is 11.3 Å². The smallest absolute Gasteiger partial charge is 0.243 e. The second-order valence-corrected chi connectivity index (χ2v) is 11.5. The summed E-state index contributed by atoms with van der Waals surface area (Å²) in [6, 6.07) is 22.5. The molecule has 34 heavy (non-hydrogen) atoms. The van der Waals surface area contributed by atoms with Crippen molar-refractivity contribution < 1.29 is 13.2 Å². The van der Waals surface area contributed by atoms with Crippen LogP contribution in [0.3, 0.4) is 0 Å². The van der Waals surface area contributed by atoms with Crippen molar-refractivity contribution in [3.05, 3.63) is 78.4 Å². The largest absolute Gasteiger partial charge is 0.326 e. The van der Waals surface area contributed by atoms with Gasteiger partial charge in [-0.05, 0) is 56.2 Å². The van der Waals surface area contributed by atoms with Crippen LogP contribution >= 0.6 is 11.3 Å². The Balaban J connectivity index is 1.30. The van der Waals surface area contributed by atoms with E-state index in [9.17, 15) is 13.2 Å². The van der Waals surface area contributed by atoms with Crippen LogP contribution < -0.4 is 5.32 Å². The SMILES string of the molecule is Cc1ccc(S(=O)(=O)N2CCCC(C(=O)Nc3cccc(-c4nc5ccccc5s4)c3)C2)cc1. The number of amides is 1. The third-order valence-electron chi connectivity index (χ3n) is 6.08. The summed E-state index contributed by atoms with van der Waals surface area (Å²) in [7, 11) is -3.63. The van der Waals surface area contributed by atoms with Gasteiger partial charge in [0.2, 0.25) is 15.9 Å². The number of benzene rings is 3. The zero-order valence-corrected chi connectivity index (χ0v) is 20.4. The minimum atomic E-state index is -3.63. The van der Waals surface area contributed by atoms with E-state index in [-0.39, 0.29) is 17.3 Å². The lowest BCUT2D eigenvalue weighted by atomic mass is 9.98. The van der Waals surface area contributed by atoms with Crippen molar-refractivity contribution in [2.24, 2.45) is 5.92 Å². The third-order valence-corrected chi connectivity index (χ3v) is 9.05. The molecule has 1 aromatic heterocycles. The van der Waals surface area contributed by atoms with Crippen LogP contribution in [-0.4, -0.2) is 36.7 Å². The molecule has 1 atom stereocenters. The standard InChI is InChI=1S/C26H25N3O3S2/c1-18-11-13-22(14-12-18)34(31,32)29-15-5-7-20(17-29)25(30)27-21-8-4-6-19(16-21)26-28-23-9-2-3-10-24(23)33-26/h2-4,6,8-14,16,20H,5,7,15,17H2,1H3,(H,27,30). The lowest BCUT2D eigenvalue weighted by Gasteiger charge is -2.31. The number of fused-ring (bicyclic) bond motifs is 1. The summed E-state index contributed by atoms with van der Waals surface area (Å²) < 4.78 is 28.7. The van der Waals surface area contributed by atoms with Crippen molar-refractivity contribution in [1.82, 2.24) is 9.29 Å². The number of aryl methyl sites for hydroxylation is 1. The number of para-hydroxylation sites is 1. The Morgan fingerprint density at radius 1 is 1.06 bits per heavy atom. The number of hydrogen-bond donors (Lipinski definition) is 1. The highest BCUT2D eigenvalue weighted by Gasteiger charge is 2.33. The fourth-order valence-corrected chi connectivity index (χ4v) is 6.69. The van der Waals surface area contributed by atoms with Crippen LogP contribution in [0.25, 0.3) is 20.8 Å². The molecule has 0 aliphatic carbocycles. The first-order valence-corrected chi connectivity index (χ1v) is 13.5. The minimum absolute atomic E-state index is 0.162. The fourth-order valence-electron chi connectivity index (χ4n) is 4.20. The molecule has 0 spiro atoms. The van der Waals surface area contributed by atoms with Crippen molar-refractivity contribution in [3.8, 4) is 10.6 Å². The molecule has 1 fully saturated rings. The Kier molecular flexibility index (Phi) is 6.20. The number of hydrogen-bond acceptors (Lipinski definition) is 5. The second-order valence-electron chi connectivity index (χ2n) is 8.57. The molecule has 1 aliphatic rings. The summed E-state index contributed by atoms with van der Waals surface area (Å²) in [5.41, 5.74) is 3.57. The normalized spacial score (nSPS) is 17.0. The highest BCUT2D eigenvalue weighted by Crippen LogP contribution is 2.31. The molecule has 2 heterocycles. The van der Waals surface area contributed by atoms with Gasteiger partial charge in [0, 0.05) is 24.3 Å². The molecular formula is C26H25N3O3S2. The number of nitrogens with zero attached hydrogens (tertiary/aromatic N) is 2. The van der Waals surface area contributed by atoms with Gasteiger partial charge in [-0.2, -0.15) is 4.31 Å². The number of thiazole rings is 1. The van der Waals surface area contributed by atoms with Crippen LogP contribution in [0.1, 0.15) is 18.4 Å². The maximum atomic E-state index is 13.1. The summed E-state index contributed by atoms with van der Waals surface area (Å²) in [5.74, 6) is -0.565. The Hall–Kier alpha value is -3.07. The number of anilines is 1. The summed E-state index contributed by atoms with van der Waals surface area (Å²) >= 11 is 1.61. The molecule has 0 bridgehead atoms. The van der Waals surface area contributed by atoms with Gasteiger partial charge in [0.1, 0.15) is 5.01 Å². The summed E-state index contributed by atoms with van der Waals surface area (Å²) in [5, 5.41) is 3.89. The molecule has 4 aromatic rings. The summed E-state index contributed by atoms with van der Waals surface area (Å²) in [6.45, 7) is 2.52. The monoisotopic (exact) mass is 491 g/mol. The number of rotatable bonds is 5. The molecule has 5 rings (SSSR count). The van der Waals surface area contributed by atoms with Gasteiger partial charge in [-0.1, -0.05) is 42.0 Å². The maximum absolute atomic E-state index is 13.1. The molecule has 1 unspecified atom stereocenters. The van der Waals surface area contributed by atoms with Crippen LogP contribution in [0, 0.1) is 12.8 Å². The van der Waals surface area contributed by atoms with Crippen molar-refractivity contribution in [1.29, 1.82) is 0 Å². The maximum Gasteiger partial charge on any atom is 0.243 e. The third kappa shape index (κ3) is 4.61. The predicted octanol–water partition coefficient (Wildman–Crippen LogP) is 5.31. The molecule has 0 radical (unpaired) electrons. The van der Waals surface area contributed by atoms with Crippen molar-refractivity contribution in [2.45, 2.75) is 24.7 Å². The van der Waals surface area contributed by atoms with Gasteiger partial charge in [-0.3, -0.25) is 4.79 Å². The number of carbonyl (C=O) groups excluding carboxylic acids is 1. The molecule has 1 aliphatic heterocycles. The molecule has 6 nitrogen and oxygen atoms in total. The Bertz CT molecular complexity index is 1410. The number of carbonyl (C=O) groups is 1. The quantitative estimate of drug-likeness (QED) is 0.410. The number of piperidine rings is 1. The van der Waals surface area contributed by atoms with Gasteiger partial charge in [-0.25, -0.2) is 13.4 Å². The fraction of sp³-hybridized carbons (Fsp3) is 0.231. The Morgan fingerprint density at radius 2 is 1.85 bits per heavy atom. The zero-order chi connectivity index (χ0) is 23.7. The van der Waals surface area contributed by atoms with E-state index in [1.165, 1.54) is 4.31 Å². The van der Waals surface area contributed by atoms with Crippen LogP contribution in [-0.2, 0) is 14.8 Å². The van der Waals surface area contributed by atoms with E-state index in [0.717, 1.165) is 26.4 Å². The zero-order valence-electron chi connectivity index (χ0n) is 18.8. The van der Waals surface area contributed by atoms with Gasteiger partial charge < -0.3 is 5.32 Å². The summed E-state index contributed by atoms with van der Waals surface area (Å²) in [6.07, 6.45) is 1.30. The van der Waals surface area contributed by atoms with E-state index in [2.05, 4.69) is 5.32 Å². The number of sulfonamides is 1. The highest BCUT2D eigenvalue weighted by molar-refractivity contribution is 7.89. The first kappa shape index (κ1) is 22.7. The van der Waals surface area contributed by atoms with Crippen LogP contribution in [0.4, 0.5) is 5.69 Å². The predicted molar refractivity (Wildman–Crippen MR) is 136 cm³/mol. The lowest BCUT2D eigenvalue weighted by Crippen LogP contribution is -2.43. The first-order chi connectivity index (χ1) is 16.4. The minimum Gasteiger partial charge on any atom is -0.326 e. The van der Waals surface area contributed by atoms with Crippen molar-refractivity contribution in [3.63, 3.8) is 0 Å². The van der Waals surface area contributed by atoms with E-state index in [1.807, 2.05) is 55.5 Å². The second kappa shape index (κ2) is 9.29. The van der Waals surface area contributed by atoms with Crippen LogP contribution in [0.2, 0.25) is 0 Å². The molecular weight excluding hydrogens is 466 g/mol. The Labute approximate surface area is 203 Å². The average Bonchev–Trinajstić information content (AvgIpc) is 3.29. The molecule has 1 saturated heterocycles. The molecule has 0 saturated carbocycles. The molecule has 1 N–H and O–H groups in total. The highest BCUT2D eigenvalue weighted by atomic mass is 32.2. The number of aromatic nitrogens is 1. The van der Waals surface area contributed by atoms with E-state index >= 15 is 0 Å². The number of nitrogens with one attached hydrogen (secondary N) is 1. The summed E-state index contributed by atoms with van der Waals surface area (Å²) in [4.78, 5) is 18.0. The van der Waals surface area contributed by atoms with Gasteiger partial charge in [0.15, 0.2) is 0 Å². The van der Waals surface area contributed by atoms with Gasteiger partial charge >= 0.3 is 0 Å². The van der Waals surface area contributed by atoms with Crippen LogP contribution in [0.5, 0.6) is 0 Å². The van der Waals surface area contributed by atoms with E-state index in [0.29, 0.717) is 25.1 Å². The topological polar surface area (TPSA) is 79.4 Å².